The van der Waals surface area contributed by atoms with Crippen LogP contribution < -0.4 is 4.74 Å². The van der Waals surface area contributed by atoms with Gasteiger partial charge in [-0.05, 0) is 17.2 Å². The number of fused-ring (bicyclic) bond motifs is 1. The van der Waals surface area contributed by atoms with Crippen molar-refractivity contribution in [2.45, 2.75) is 19.0 Å². The maximum Gasteiger partial charge on any atom is 0.165 e. The molecule has 3 rings (SSSR count). The third-order valence-corrected chi connectivity index (χ3v) is 4.25. The Bertz CT molecular complexity index is 667. The lowest BCUT2D eigenvalue weighted by molar-refractivity contribution is 0.227. The molecule has 2 aromatic rings. The Morgan fingerprint density at radius 2 is 2.05 bits per heavy atom. The van der Waals surface area contributed by atoms with Gasteiger partial charge in [-0.15, -0.1) is 6.58 Å². The Hall–Kier alpha value is -2.26. The van der Waals surface area contributed by atoms with Gasteiger partial charge in [-0.25, -0.2) is 0 Å². The van der Waals surface area contributed by atoms with Crippen molar-refractivity contribution in [2.75, 3.05) is 13.7 Å². The summed E-state index contributed by atoms with van der Waals surface area (Å²) in [6, 6.07) is 14.1. The monoisotopic (exact) mass is 295 g/mol. The number of methoxy groups -OCH3 is 1. The summed E-state index contributed by atoms with van der Waals surface area (Å²) in [6.45, 7) is 6.55. The van der Waals surface area contributed by atoms with Crippen LogP contribution in [0.1, 0.15) is 22.6 Å². The van der Waals surface area contributed by atoms with Crippen LogP contribution in [0.5, 0.6) is 11.5 Å². The molecular weight excluding hydrogens is 274 g/mol. The molecule has 0 amide bonds. The average Bonchev–Trinajstić information content (AvgIpc) is 2.55. The lowest BCUT2D eigenvalue weighted by Crippen LogP contribution is -2.32. The van der Waals surface area contributed by atoms with E-state index in [1.165, 1.54) is 11.1 Å². The molecule has 0 unspecified atom stereocenters. The van der Waals surface area contributed by atoms with E-state index in [9.17, 15) is 5.11 Å². The summed E-state index contributed by atoms with van der Waals surface area (Å²) in [7, 11) is 1.61. The number of benzene rings is 2. The summed E-state index contributed by atoms with van der Waals surface area (Å²) >= 11 is 0. The lowest BCUT2D eigenvalue weighted by atomic mass is 9.88. The van der Waals surface area contributed by atoms with Gasteiger partial charge in [0.05, 0.1) is 7.11 Å². The summed E-state index contributed by atoms with van der Waals surface area (Å²) in [5.74, 6) is 1.04. The Kier molecular flexibility index (Phi) is 4.16. The van der Waals surface area contributed by atoms with Crippen molar-refractivity contribution < 1.29 is 9.84 Å². The van der Waals surface area contributed by atoms with Gasteiger partial charge in [0.15, 0.2) is 11.5 Å². The first kappa shape index (κ1) is 14.7. The molecule has 0 saturated heterocycles. The van der Waals surface area contributed by atoms with Crippen LogP contribution in [-0.4, -0.2) is 23.7 Å². The van der Waals surface area contributed by atoms with Crippen molar-refractivity contribution in [3.05, 3.63) is 71.8 Å². The second kappa shape index (κ2) is 6.24. The van der Waals surface area contributed by atoms with Crippen molar-refractivity contribution >= 4 is 0 Å². The quantitative estimate of drug-likeness (QED) is 0.873. The van der Waals surface area contributed by atoms with E-state index < -0.39 is 0 Å². The molecule has 0 aliphatic carbocycles. The van der Waals surface area contributed by atoms with Gasteiger partial charge in [0.25, 0.3) is 0 Å². The minimum Gasteiger partial charge on any atom is -0.504 e. The third kappa shape index (κ3) is 2.72. The maximum absolute atomic E-state index is 10.0. The number of phenolic OH excluding ortho intramolecular Hbond substituents is 1. The number of aromatic hydroxyl groups is 1. The van der Waals surface area contributed by atoms with E-state index in [-0.39, 0.29) is 11.7 Å². The van der Waals surface area contributed by atoms with Gasteiger partial charge in [-0.1, -0.05) is 42.5 Å². The highest BCUT2D eigenvalue weighted by Crippen LogP contribution is 2.40. The molecule has 1 atom stereocenters. The molecular formula is C19H21NO2. The van der Waals surface area contributed by atoms with E-state index in [0.29, 0.717) is 5.75 Å². The molecule has 0 radical (unpaired) electrons. The zero-order chi connectivity index (χ0) is 15.5. The second-order valence-electron chi connectivity index (χ2n) is 5.68. The van der Waals surface area contributed by atoms with Crippen molar-refractivity contribution in [2.24, 2.45) is 0 Å². The van der Waals surface area contributed by atoms with E-state index in [4.69, 9.17) is 4.74 Å². The SMILES string of the molecule is C=C[C@H]1CN(Cc2ccccc2)Cc2c1ccc(O)c2OC. The highest BCUT2D eigenvalue weighted by atomic mass is 16.5. The van der Waals surface area contributed by atoms with E-state index in [2.05, 4.69) is 35.7 Å². The first-order valence-corrected chi connectivity index (χ1v) is 7.50. The van der Waals surface area contributed by atoms with Crippen LogP contribution >= 0.6 is 0 Å². The highest BCUT2D eigenvalue weighted by Gasteiger charge is 2.27. The van der Waals surface area contributed by atoms with E-state index in [1.54, 1.807) is 13.2 Å². The Labute approximate surface area is 131 Å². The first-order valence-electron chi connectivity index (χ1n) is 7.50. The molecule has 1 N–H and O–H groups in total. The molecule has 0 bridgehead atoms. The van der Waals surface area contributed by atoms with Crippen molar-refractivity contribution in [1.29, 1.82) is 0 Å². The van der Waals surface area contributed by atoms with Crippen LogP contribution in [-0.2, 0) is 13.1 Å². The summed E-state index contributed by atoms with van der Waals surface area (Å²) in [5.41, 5.74) is 3.55. The highest BCUT2D eigenvalue weighted by molar-refractivity contribution is 5.53. The fourth-order valence-electron chi connectivity index (χ4n) is 3.20. The Morgan fingerprint density at radius 1 is 1.27 bits per heavy atom. The molecule has 1 aliphatic rings. The minimum atomic E-state index is 0.200. The molecule has 3 heteroatoms. The number of nitrogens with zero attached hydrogens (tertiary/aromatic N) is 1. The van der Waals surface area contributed by atoms with Crippen molar-refractivity contribution in [3.8, 4) is 11.5 Å². The van der Waals surface area contributed by atoms with Crippen molar-refractivity contribution in [3.63, 3.8) is 0 Å². The summed E-state index contributed by atoms with van der Waals surface area (Å²) in [4.78, 5) is 2.37. The molecule has 1 heterocycles. The van der Waals surface area contributed by atoms with Gasteiger partial charge < -0.3 is 9.84 Å². The van der Waals surface area contributed by atoms with Crippen LogP contribution in [0.3, 0.4) is 0 Å². The molecule has 0 spiro atoms. The molecule has 22 heavy (non-hydrogen) atoms. The van der Waals surface area contributed by atoms with Crippen molar-refractivity contribution in [1.82, 2.24) is 4.90 Å². The second-order valence-corrected chi connectivity index (χ2v) is 5.68. The number of hydrogen-bond acceptors (Lipinski definition) is 3. The molecule has 2 aromatic carbocycles. The van der Waals surface area contributed by atoms with Crippen LogP contribution in [0.25, 0.3) is 0 Å². The third-order valence-electron chi connectivity index (χ3n) is 4.25. The normalized spacial score (nSPS) is 17.8. The molecule has 1 aliphatic heterocycles. The van der Waals surface area contributed by atoms with E-state index in [0.717, 1.165) is 25.2 Å². The Balaban J connectivity index is 1.93. The largest absolute Gasteiger partial charge is 0.504 e. The van der Waals surface area contributed by atoms with Gasteiger partial charge >= 0.3 is 0 Å². The van der Waals surface area contributed by atoms with Gasteiger partial charge in [-0.3, -0.25) is 4.90 Å². The van der Waals surface area contributed by atoms with Gasteiger partial charge in [0.1, 0.15) is 0 Å². The summed E-state index contributed by atoms with van der Waals surface area (Å²) < 4.78 is 5.42. The van der Waals surface area contributed by atoms with Crippen LogP contribution in [0, 0.1) is 0 Å². The zero-order valence-electron chi connectivity index (χ0n) is 12.8. The standard InChI is InChI=1S/C19H21NO2/c1-3-15-12-20(11-14-7-5-4-6-8-14)13-17-16(15)9-10-18(21)19(17)22-2/h3-10,15,21H,1,11-13H2,2H3/t15-/m0/s1. The summed E-state index contributed by atoms with van der Waals surface area (Å²) in [6.07, 6.45) is 1.98. The first-order chi connectivity index (χ1) is 10.7. The molecule has 0 saturated carbocycles. The predicted molar refractivity (Wildman–Crippen MR) is 88.2 cm³/mol. The fourth-order valence-corrected chi connectivity index (χ4v) is 3.20. The fraction of sp³-hybridized carbons (Fsp3) is 0.263. The number of rotatable bonds is 4. The predicted octanol–water partition coefficient (Wildman–Crippen LogP) is 3.69. The van der Waals surface area contributed by atoms with Crippen LogP contribution in [0.4, 0.5) is 0 Å². The van der Waals surface area contributed by atoms with E-state index >= 15 is 0 Å². The molecule has 114 valence electrons. The van der Waals surface area contributed by atoms with Gasteiger partial charge in [0.2, 0.25) is 0 Å². The lowest BCUT2D eigenvalue weighted by Gasteiger charge is -2.34. The number of ether oxygens (including phenoxy) is 1. The maximum atomic E-state index is 10.0. The topological polar surface area (TPSA) is 32.7 Å². The van der Waals surface area contributed by atoms with E-state index in [1.807, 2.05) is 18.2 Å². The van der Waals surface area contributed by atoms with Crippen LogP contribution in [0.15, 0.2) is 55.1 Å². The summed E-state index contributed by atoms with van der Waals surface area (Å²) in [5, 5.41) is 10.0. The molecule has 0 fully saturated rings. The minimum absolute atomic E-state index is 0.200. The zero-order valence-corrected chi connectivity index (χ0v) is 12.8. The smallest absolute Gasteiger partial charge is 0.165 e. The molecule has 0 aromatic heterocycles. The van der Waals surface area contributed by atoms with Gasteiger partial charge in [0, 0.05) is 31.1 Å². The number of phenols is 1. The Morgan fingerprint density at radius 3 is 2.73 bits per heavy atom. The van der Waals surface area contributed by atoms with Crippen LogP contribution in [0.2, 0.25) is 0 Å². The number of hydrogen-bond donors (Lipinski definition) is 1. The average molecular weight is 295 g/mol. The molecule has 3 nitrogen and oxygen atoms in total. The van der Waals surface area contributed by atoms with Gasteiger partial charge in [-0.2, -0.15) is 0 Å².